The molecule has 3 N–H and O–H groups in total. The molecule has 0 aliphatic carbocycles. The van der Waals surface area contributed by atoms with E-state index < -0.39 is 5.91 Å². The summed E-state index contributed by atoms with van der Waals surface area (Å²) in [4.78, 5) is 24.6. The summed E-state index contributed by atoms with van der Waals surface area (Å²) in [6.45, 7) is 5.84. The van der Waals surface area contributed by atoms with E-state index in [4.69, 9.17) is 5.73 Å². The molecule has 4 rings (SSSR count). The number of amides is 1. The van der Waals surface area contributed by atoms with Crippen LogP contribution in [0.3, 0.4) is 0 Å². The maximum absolute atomic E-state index is 11.2. The number of carbonyl (C=O) groups is 1. The van der Waals surface area contributed by atoms with Crippen molar-refractivity contribution in [2.24, 2.45) is 5.73 Å². The molecule has 152 valence electrons. The summed E-state index contributed by atoms with van der Waals surface area (Å²) in [6.07, 6.45) is 4.54. The van der Waals surface area contributed by atoms with E-state index in [2.05, 4.69) is 50.8 Å². The van der Waals surface area contributed by atoms with Gasteiger partial charge in [0.25, 0.3) is 0 Å². The molecule has 0 aliphatic heterocycles. The maximum Gasteiger partial charge on any atom is 0.248 e. The lowest BCUT2D eigenvalue weighted by atomic mass is 10.1. The van der Waals surface area contributed by atoms with Gasteiger partial charge < -0.3 is 15.6 Å². The first kappa shape index (κ1) is 19.6. The van der Waals surface area contributed by atoms with Crippen LogP contribution in [0.4, 0.5) is 5.95 Å². The predicted molar refractivity (Wildman–Crippen MR) is 118 cm³/mol. The molecule has 0 unspecified atom stereocenters. The van der Waals surface area contributed by atoms with Crippen molar-refractivity contribution in [3.05, 3.63) is 71.7 Å². The van der Waals surface area contributed by atoms with Gasteiger partial charge in [-0.3, -0.25) is 4.79 Å². The van der Waals surface area contributed by atoms with Crippen LogP contribution in [0, 0.1) is 13.8 Å². The zero-order valence-corrected chi connectivity index (χ0v) is 17.1. The Labute approximate surface area is 175 Å². The van der Waals surface area contributed by atoms with Gasteiger partial charge in [-0.2, -0.15) is 0 Å². The normalized spacial score (nSPS) is 11.0. The fourth-order valence-corrected chi connectivity index (χ4v) is 3.35. The minimum Gasteiger partial charge on any atom is -0.366 e. The lowest BCUT2D eigenvalue weighted by Gasteiger charge is -2.08. The molecule has 0 spiro atoms. The van der Waals surface area contributed by atoms with Crippen molar-refractivity contribution in [3.8, 4) is 11.3 Å². The SMILES string of the molecule is Cc1cc2ncn(CCCNc3nccc(-c4ccc(C(N)=O)cc4)n3)c2cc1C. The van der Waals surface area contributed by atoms with Crippen LogP contribution in [-0.2, 0) is 6.54 Å². The second-order valence-electron chi connectivity index (χ2n) is 7.35. The lowest BCUT2D eigenvalue weighted by molar-refractivity contribution is 0.100. The molecule has 0 fully saturated rings. The summed E-state index contributed by atoms with van der Waals surface area (Å²) in [5.74, 6) is 0.135. The molecular weight excluding hydrogens is 376 g/mol. The summed E-state index contributed by atoms with van der Waals surface area (Å²) in [6, 6.07) is 13.2. The molecule has 2 aromatic carbocycles. The van der Waals surface area contributed by atoms with Crippen LogP contribution in [0.25, 0.3) is 22.3 Å². The van der Waals surface area contributed by atoms with Crippen molar-refractivity contribution in [3.63, 3.8) is 0 Å². The quantitative estimate of drug-likeness (QED) is 0.461. The van der Waals surface area contributed by atoms with E-state index in [1.807, 2.05) is 24.5 Å². The number of benzene rings is 2. The number of primary amides is 1. The van der Waals surface area contributed by atoms with Gasteiger partial charge in [0.2, 0.25) is 11.9 Å². The third-order valence-corrected chi connectivity index (χ3v) is 5.22. The average Bonchev–Trinajstić information content (AvgIpc) is 3.13. The van der Waals surface area contributed by atoms with E-state index >= 15 is 0 Å². The van der Waals surface area contributed by atoms with Gasteiger partial charge in [-0.15, -0.1) is 0 Å². The molecule has 4 aromatic rings. The van der Waals surface area contributed by atoms with E-state index in [0.29, 0.717) is 11.5 Å². The van der Waals surface area contributed by atoms with Crippen molar-refractivity contribution >= 4 is 22.9 Å². The number of rotatable bonds is 7. The number of aryl methyl sites for hydroxylation is 3. The zero-order valence-electron chi connectivity index (χ0n) is 17.1. The third-order valence-electron chi connectivity index (χ3n) is 5.22. The highest BCUT2D eigenvalue weighted by Gasteiger charge is 2.06. The van der Waals surface area contributed by atoms with Crippen molar-refractivity contribution in [2.75, 3.05) is 11.9 Å². The molecule has 0 atom stereocenters. The Hall–Kier alpha value is -3.74. The van der Waals surface area contributed by atoms with Crippen LogP contribution < -0.4 is 11.1 Å². The lowest BCUT2D eigenvalue weighted by Crippen LogP contribution is -2.10. The number of nitrogens with zero attached hydrogens (tertiary/aromatic N) is 4. The van der Waals surface area contributed by atoms with Crippen LogP contribution in [0.2, 0.25) is 0 Å². The Morgan fingerprint density at radius 3 is 2.60 bits per heavy atom. The number of nitrogens with one attached hydrogen (secondary N) is 1. The first-order chi connectivity index (χ1) is 14.5. The number of anilines is 1. The van der Waals surface area contributed by atoms with Crippen LogP contribution in [-0.4, -0.2) is 32.0 Å². The maximum atomic E-state index is 11.2. The number of aromatic nitrogens is 4. The predicted octanol–water partition coefficient (Wildman–Crippen LogP) is 3.71. The molecule has 0 bridgehead atoms. The molecule has 0 aliphatic rings. The van der Waals surface area contributed by atoms with E-state index in [-0.39, 0.29) is 0 Å². The molecule has 30 heavy (non-hydrogen) atoms. The second kappa shape index (κ2) is 8.32. The summed E-state index contributed by atoms with van der Waals surface area (Å²) in [5, 5.41) is 3.29. The highest BCUT2D eigenvalue weighted by atomic mass is 16.1. The van der Waals surface area contributed by atoms with Gasteiger partial charge in [0.15, 0.2) is 0 Å². The third kappa shape index (κ3) is 4.15. The number of imidazole rings is 1. The smallest absolute Gasteiger partial charge is 0.248 e. The van der Waals surface area contributed by atoms with Gasteiger partial charge >= 0.3 is 0 Å². The zero-order chi connectivity index (χ0) is 21.1. The van der Waals surface area contributed by atoms with E-state index in [0.717, 1.165) is 41.8 Å². The van der Waals surface area contributed by atoms with Crippen molar-refractivity contribution in [2.45, 2.75) is 26.8 Å². The molecule has 2 heterocycles. The first-order valence-corrected chi connectivity index (χ1v) is 9.90. The molecule has 0 radical (unpaired) electrons. The van der Waals surface area contributed by atoms with Gasteiger partial charge in [-0.1, -0.05) is 12.1 Å². The number of fused-ring (bicyclic) bond motifs is 1. The standard InChI is InChI=1S/C23H24N6O/c1-15-12-20-21(13-16(15)2)29(14-27-20)11-3-9-25-23-26-10-8-19(28-23)17-4-6-18(7-5-17)22(24)30/h4-8,10,12-14H,3,9,11H2,1-2H3,(H2,24,30)(H,25,26,28). The van der Waals surface area contributed by atoms with Crippen molar-refractivity contribution in [1.29, 1.82) is 0 Å². The fourth-order valence-electron chi connectivity index (χ4n) is 3.35. The topological polar surface area (TPSA) is 98.7 Å². The minimum absolute atomic E-state index is 0.442. The monoisotopic (exact) mass is 400 g/mol. The van der Waals surface area contributed by atoms with Crippen molar-refractivity contribution < 1.29 is 4.79 Å². The van der Waals surface area contributed by atoms with Crippen LogP contribution in [0.1, 0.15) is 27.9 Å². The van der Waals surface area contributed by atoms with Gasteiger partial charge in [0.1, 0.15) is 0 Å². The second-order valence-corrected chi connectivity index (χ2v) is 7.35. The summed E-state index contributed by atoms with van der Waals surface area (Å²) in [7, 11) is 0. The Bertz CT molecular complexity index is 1200. The minimum atomic E-state index is -0.442. The average molecular weight is 400 g/mol. The molecule has 2 aromatic heterocycles. The Kier molecular flexibility index (Phi) is 5.43. The van der Waals surface area contributed by atoms with Gasteiger partial charge in [0, 0.05) is 30.4 Å². The van der Waals surface area contributed by atoms with Crippen LogP contribution in [0.15, 0.2) is 55.0 Å². The molecule has 7 heteroatoms. The summed E-state index contributed by atoms with van der Waals surface area (Å²) in [5.41, 5.74) is 12.2. The number of nitrogens with two attached hydrogens (primary N) is 1. The molecule has 1 amide bonds. The van der Waals surface area contributed by atoms with Crippen LogP contribution in [0.5, 0.6) is 0 Å². The highest BCUT2D eigenvalue weighted by molar-refractivity contribution is 5.93. The van der Waals surface area contributed by atoms with Gasteiger partial charge in [-0.25, -0.2) is 15.0 Å². The molecule has 0 saturated carbocycles. The largest absolute Gasteiger partial charge is 0.366 e. The molecule has 0 saturated heterocycles. The van der Waals surface area contributed by atoms with Crippen molar-refractivity contribution in [1.82, 2.24) is 19.5 Å². The van der Waals surface area contributed by atoms with Gasteiger partial charge in [0.05, 0.1) is 23.1 Å². The van der Waals surface area contributed by atoms with Crippen LogP contribution >= 0.6 is 0 Å². The number of hydrogen-bond acceptors (Lipinski definition) is 5. The molecular formula is C23H24N6O. The summed E-state index contributed by atoms with van der Waals surface area (Å²) < 4.78 is 2.18. The highest BCUT2D eigenvalue weighted by Crippen LogP contribution is 2.20. The van der Waals surface area contributed by atoms with E-state index in [9.17, 15) is 4.79 Å². The molecule has 7 nitrogen and oxygen atoms in total. The summed E-state index contributed by atoms with van der Waals surface area (Å²) >= 11 is 0. The Balaban J connectivity index is 1.37. The first-order valence-electron chi connectivity index (χ1n) is 9.90. The van der Waals surface area contributed by atoms with E-state index in [1.54, 1.807) is 18.3 Å². The van der Waals surface area contributed by atoms with Gasteiger partial charge in [-0.05, 0) is 61.7 Å². The Morgan fingerprint density at radius 1 is 1.07 bits per heavy atom. The van der Waals surface area contributed by atoms with E-state index in [1.165, 1.54) is 11.1 Å². The number of hydrogen-bond donors (Lipinski definition) is 2. The fraction of sp³-hybridized carbons (Fsp3) is 0.217. The number of carbonyl (C=O) groups excluding carboxylic acids is 1. The Morgan fingerprint density at radius 2 is 1.83 bits per heavy atom.